The maximum atomic E-state index is 13.0. The van der Waals surface area contributed by atoms with Gasteiger partial charge in [0.2, 0.25) is 29.4 Å². The third-order valence-electron chi connectivity index (χ3n) is 7.63. The van der Waals surface area contributed by atoms with Crippen molar-refractivity contribution in [3.05, 3.63) is 35.9 Å². The van der Waals surface area contributed by atoms with Crippen molar-refractivity contribution < 1.29 is 59.0 Å². The lowest BCUT2D eigenvalue weighted by atomic mass is 10.0. The smallest absolute Gasteiger partial charge is 0.335 e. The zero-order valence-corrected chi connectivity index (χ0v) is 27.5. The number of ether oxygens (including phenoxy) is 1. The SMILES string of the molecule is CC(C)C[C@H](NC(=O)[C@H](Cc1ccccc1)NC(=O)CNC(=O)CNC(=O)[C@@H](N)CCCCNCC1(O)O[C@H](C(=O)O)[C@@H](O)[C@@H]1O)C(=O)O. The van der Waals surface area contributed by atoms with Crippen molar-refractivity contribution in [2.24, 2.45) is 11.7 Å². The molecule has 7 atom stereocenters. The Morgan fingerprint density at radius 3 is 2.14 bits per heavy atom. The zero-order chi connectivity index (χ0) is 36.7. The minimum absolute atomic E-state index is 0.0132. The van der Waals surface area contributed by atoms with E-state index in [0.717, 1.165) is 0 Å². The molecule has 2 rings (SSSR count). The highest BCUT2D eigenvalue weighted by Gasteiger charge is 2.55. The highest BCUT2D eigenvalue weighted by Crippen LogP contribution is 2.29. The van der Waals surface area contributed by atoms with Gasteiger partial charge in [0.15, 0.2) is 6.10 Å². The predicted molar refractivity (Wildman–Crippen MR) is 171 cm³/mol. The maximum absolute atomic E-state index is 13.0. The Hall–Kier alpha value is -4.20. The molecule has 1 fully saturated rings. The topological polar surface area (TPSA) is 299 Å². The molecule has 18 nitrogen and oxygen atoms in total. The summed E-state index contributed by atoms with van der Waals surface area (Å²) in [5.74, 6) is -7.76. The lowest BCUT2D eigenvalue weighted by Gasteiger charge is -2.26. The maximum Gasteiger partial charge on any atom is 0.335 e. The van der Waals surface area contributed by atoms with Crippen molar-refractivity contribution in [2.75, 3.05) is 26.2 Å². The Morgan fingerprint density at radius 1 is 0.898 bits per heavy atom. The summed E-state index contributed by atoms with van der Waals surface area (Å²) in [5.41, 5.74) is 6.60. The van der Waals surface area contributed by atoms with Crippen LogP contribution in [0.3, 0.4) is 0 Å². The van der Waals surface area contributed by atoms with E-state index in [1.807, 2.05) is 13.8 Å². The van der Waals surface area contributed by atoms with Gasteiger partial charge in [-0.3, -0.25) is 19.2 Å². The Balaban J connectivity index is 1.73. The van der Waals surface area contributed by atoms with Gasteiger partial charge in [0, 0.05) is 6.42 Å². The molecule has 1 aromatic carbocycles. The van der Waals surface area contributed by atoms with Gasteiger partial charge in [-0.15, -0.1) is 0 Å². The molecular formula is C31H48N6O12. The number of carboxylic acids is 2. The first-order valence-corrected chi connectivity index (χ1v) is 15.9. The fourth-order valence-electron chi connectivity index (χ4n) is 4.96. The highest BCUT2D eigenvalue weighted by molar-refractivity contribution is 5.93. The Labute approximate surface area is 283 Å². The van der Waals surface area contributed by atoms with Crippen LogP contribution >= 0.6 is 0 Å². The van der Waals surface area contributed by atoms with Crippen LogP contribution in [0.2, 0.25) is 0 Å². The van der Waals surface area contributed by atoms with E-state index in [1.54, 1.807) is 30.3 Å². The van der Waals surface area contributed by atoms with E-state index >= 15 is 0 Å². The van der Waals surface area contributed by atoms with Crippen molar-refractivity contribution in [1.29, 1.82) is 0 Å². The number of benzene rings is 1. The van der Waals surface area contributed by atoms with Gasteiger partial charge in [-0.1, -0.05) is 50.6 Å². The summed E-state index contributed by atoms with van der Waals surface area (Å²) in [6, 6.07) is 5.54. The van der Waals surface area contributed by atoms with E-state index in [0.29, 0.717) is 18.4 Å². The van der Waals surface area contributed by atoms with Gasteiger partial charge in [0.05, 0.1) is 25.7 Å². The fourth-order valence-corrected chi connectivity index (χ4v) is 4.96. The van der Waals surface area contributed by atoms with Crippen LogP contribution in [-0.2, 0) is 39.9 Å². The molecule has 1 saturated heterocycles. The molecule has 1 aliphatic heterocycles. The van der Waals surface area contributed by atoms with Crippen LogP contribution in [0.5, 0.6) is 0 Å². The first-order chi connectivity index (χ1) is 23.0. The molecule has 49 heavy (non-hydrogen) atoms. The molecule has 1 aromatic rings. The summed E-state index contributed by atoms with van der Waals surface area (Å²) >= 11 is 0. The molecular weight excluding hydrogens is 648 g/mol. The fraction of sp³-hybridized carbons (Fsp3) is 0.613. The molecule has 0 bridgehead atoms. The predicted octanol–water partition coefficient (Wildman–Crippen LogP) is -3.46. The van der Waals surface area contributed by atoms with E-state index in [9.17, 15) is 49.2 Å². The largest absolute Gasteiger partial charge is 0.480 e. The second-order valence-corrected chi connectivity index (χ2v) is 12.3. The quantitative estimate of drug-likeness (QED) is 0.0557. The van der Waals surface area contributed by atoms with Crippen molar-refractivity contribution in [2.45, 2.75) is 88.2 Å². The van der Waals surface area contributed by atoms with E-state index < -0.39 is 90.9 Å². The number of nitrogens with two attached hydrogens (primary N) is 1. The van der Waals surface area contributed by atoms with Crippen LogP contribution in [0, 0.1) is 5.92 Å². The number of amides is 4. The van der Waals surface area contributed by atoms with Crippen LogP contribution in [0.25, 0.3) is 0 Å². The molecule has 0 saturated carbocycles. The number of hydrogen-bond acceptors (Lipinski definition) is 12. The number of nitrogens with one attached hydrogen (secondary N) is 5. The van der Waals surface area contributed by atoms with E-state index in [-0.39, 0.29) is 38.3 Å². The second kappa shape index (κ2) is 19.7. The highest BCUT2D eigenvalue weighted by atomic mass is 16.7. The Morgan fingerprint density at radius 2 is 1.55 bits per heavy atom. The Kier molecular flexibility index (Phi) is 16.5. The Bertz CT molecular complexity index is 1280. The van der Waals surface area contributed by atoms with Crippen LogP contribution in [-0.4, -0.2) is 130 Å². The van der Waals surface area contributed by atoms with Crippen molar-refractivity contribution >= 4 is 35.6 Å². The molecule has 0 spiro atoms. The van der Waals surface area contributed by atoms with Gasteiger partial charge in [-0.05, 0) is 37.3 Å². The number of rotatable bonds is 21. The minimum atomic E-state index is -2.29. The number of unbranched alkanes of at least 4 members (excludes halogenated alkanes) is 1. The minimum Gasteiger partial charge on any atom is -0.480 e. The van der Waals surface area contributed by atoms with Gasteiger partial charge in [0.1, 0.15) is 24.3 Å². The number of hydrogen-bond donors (Lipinski definition) is 11. The lowest BCUT2D eigenvalue weighted by Crippen LogP contribution is -2.54. The first kappa shape index (κ1) is 41.0. The van der Waals surface area contributed by atoms with Crippen molar-refractivity contribution in [1.82, 2.24) is 26.6 Å². The number of carbonyl (C=O) groups is 6. The molecule has 4 amide bonds. The summed E-state index contributed by atoms with van der Waals surface area (Å²) < 4.78 is 4.90. The van der Waals surface area contributed by atoms with Crippen molar-refractivity contribution in [3.8, 4) is 0 Å². The third kappa shape index (κ3) is 13.7. The summed E-state index contributed by atoms with van der Waals surface area (Å²) in [7, 11) is 0. The standard InChI is InChI=1S/C31H48N6O12/c1-17(2)12-21(29(44)45)37-28(43)20(13-18-8-4-3-5-9-18)36-23(39)15-34-22(38)14-35-27(42)19(32)10-6-7-11-33-16-31(48)26(41)24(40)25(49-31)30(46)47/h3-5,8-9,17,19-21,24-26,33,40-41,48H,6-7,10-16,32H2,1-2H3,(H,34,38)(H,35,42)(H,36,39)(H,37,43)(H,44,45)(H,46,47)/t19-,20-,21-,24+,25-,26-,31?/m0/s1. The molecule has 0 radical (unpaired) electrons. The lowest BCUT2D eigenvalue weighted by molar-refractivity contribution is -0.226. The first-order valence-electron chi connectivity index (χ1n) is 15.9. The monoisotopic (exact) mass is 696 g/mol. The average molecular weight is 697 g/mol. The van der Waals surface area contributed by atoms with Gasteiger partial charge in [0.25, 0.3) is 0 Å². The molecule has 12 N–H and O–H groups in total. The summed E-state index contributed by atoms with van der Waals surface area (Å²) in [4.78, 5) is 73.0. The second-order valence-electron chi connectivity index (χ2n) is 12.3. The van der Waals surface area contributed by atoms with Gasteiger partial charge in [-0.2, -0.15) is 0 Å². The molecule has 0 aromatic heterocycles. The van der Waals surface area contributed by atoms with Crippen LogP contribution in [0.15, 0.2) is 30.3 Å². The summed E-state index contributed by atoms with van der Waals surface area (Å²) in [6.45, 7) is 2.54. The number of carbonyl (C=O) groups excluding carboxylic acids is 4. The molecule has 274 valence electrons. The van der Waals surface area contributed by atoms with E-state index in [4.69, 9.17) is 15.6 Å². The van der Waals surface area contributed by atoms with Crippen molar-refractivity contribution in [3.63, 3.8) is 0 Å². The zero-order valence-electron chi connectivity index (χ0n) is 27.5. The summed E-state index contributed by atoms with van der Waals surface area (Å²) in [5, 5.41) is 61.0. The molecule has 1 aliphatic rings. The molecule has 1 heterocycles. The number of aliphatic carboxylic acids is 2. The summed E-state index contributed by atoms with van der Waals surface area (Å²) in [6.07, 6.45) is -4.02. The number of aliphatic hydroxyl groups excluding tert-OH is 2. The van der Waals surface area contributed by atoms with E-state index in [2.05, 4.69) is 26.6 Å². The molecule has 18 heteroatoms. The average Bonchev–Trinajstić information content (AvgIpc) is 3.27. The van der Waals surface area contributed by atoms with Gasteiger partial charge >= 0.3 is 11.9 Å². The van der Waals surface area contributed by atoms with Gasteiger partial charge < -0.3 is 62.6 Å². The van der Waals surface area contributed by atoms with E-state index in [1.165, 1.54) is 0 Å². The number of carboxylic acid groups (broad SMARTS) is 2. The normalized spacial score (nSPS) is 22.1. The number of aliphatic hydroxyl groups is 3. The molecule has 1 unspecified atom stereocenters. The van der Waals surface area contributed by atoms with Crippen LogP contribution in [0.4, 0.5) is 0 Å². The third-order valence-corrected chi connectivity index (χ3v) is 7.63. The van der Waals surface area contributed by atoms with Crippen LogP contribution < -0.4 is 32.3 Å². The van der Waals surface area contributed by atoms with Crippen LogP contribution in [0.1, 0.15) is 45.1 Å². The van der Waals surface area contributed by atoms with Gasteiger partial charge in [-0.25, -0.2) is 9.59 Å². The molecule has 0 aliphatic carbocycles.